The molecule has 0 aliphatic heterocycles. The summed E-state index contributed by atoms with van der Waals surface area (Å²) in [7, 11) is -3.50. The summed E-state index contributed by atoms with van der Waals surface area (Å²) >= 11 is 0. The highest BCUT2D eigenvalue weighted by Gasteiger charge is 2.05. The quantitative estimate of drug-likeness (QED) is 0.739. The Morgan fingerprint density at radius 3 is 2.94 bits per heavy atom. The molecule has 0 atom stereocenters. The van der Waals surface area contributed by atoms with E-state index in [1.165, 1.54) is 18.2 Å². The van der Waals surface area contributed by atoms with Crippen molar-refractivity contribution in [1.82, 2.24) is 9.97 Å². The smallest absolute Gasteiger partial charge is 0.210 e. The van der Waals surface area contributed by atoms with Crippen LogP contribution >= 0.6 is 0 Å². The van der Waals surface area contributed by atoms with Crippen molar-refractivity contribution in [2.75, 3.05) is 17.6 Å². The van der Waals surface area contributed by atoms with E-state index in [1.54, 1.807) is 0 Å². The van der Waals surface area contributed by atoms with E-state index in [2.05, 4.69) is 15.3 Å². The molecule has 1 aromatic heterocycles. The Morgan fingerprint density at radius 2 is 2.24 bits per heavy atom. The van der Waals surface area contributed by atoms with Crippen LogP contribution in [0.1, 0.15) is 0 Å². The van der Waals surface area contributed by atoms with Crippen LogP contribution in [0.3, 0.4) is 0 Å². The molecule has 6 nitrogen and oxygen atoms in total. The maximum atomic E-state index is 12.9. The summed E-state index contributed by atoms with van der Waals surface area (Å²) in [5.41, 5.74) is 1.15. The Hall–Kier alpha value is -1.67. The fraction of sp³-hybridized carbons (Fsp3) is 0.222. The summed E-state index contributed by atoms with van der Waals surface area (Å²) in [6.07, 6.45) is 0. The summed E-state index contributed by atoms with van der Waals surface area (Å²) in [6, 6.07) is 4.15. The third kappa shape index (κ3) is 3.14. The Labute approximate surface area is 97.1 Å². The Morgan fingerprint density at radius 1 is 1.47 bits per heavy atom. The van der Waals surface area contributed by atoms with Gasteiger partial charge in [-0.3, -0.25) is 0 Å². The van der Waals surface area contributed by atoms with E-state index >= 15 is 0 Å². The van der Waals surface area contributed by atoms with Gasteiger partial charge in [0.25, 0.3) is 0 Å². The zero-order chi connectivity index (χ0) is 12.5. The number of nitrogens with one attached hydrogen (secondary N) is 2. The number of hydrogen-bond acceptors (Lipinski definition) is 4. The lowest BCUT2D eigenvalue weighted by Gasteiger charge is -1.99. The molecule has 8 heteroatoms. The van der Waals surface area contributed by atoms with E-state index in [0.29, 0.717) is 17.0 Å². The molecular weight excluding hydrogens is 247 g/mol. The van der Waals surface area contributed by atoms with Crippen LogP contribution in [0, 0.1) is 5.82 Å². The standard InChI is InChI=1S/C9H11FN4O2S/c10-6-1-2-7-8(5-6)14-9(13-7)12-3-4-17(11,15)16/h1-2,5H,3-4H2,(H2,11,15,16)(H2,12,13,14). The molecule has 0 bridgehead atoms. The number of aromatic nitrogens is 2. The molecule has 0 radical (unpaired) electrons. The molecule has 4 N–H and O–H groups in total. The highest BCUT2D eigenvalue weighted by molar-refractivity contribution is 7.89. The number of nitrogens with zero attached hydrogens (tertiary/aromatic N) is 1. The van der Waals surface area contributed by atoms with Gasteiger partial charge in [-0.1, -0.05) is 0 Å². The monoisotopic (exact) mass is 258 g/mol. The molecule has 0 saturated heterocycles. The van der Waals surface area contributed by atoms with E-state index < -0.39 is 10.0 Å². The fourth-order valence-corrected chi connectivity index (χ4v) is 1.76. The number of halogens is 1. The Balaban J connectivity index is 2.09. The minimum absolute atomic E-state index is 0.140. The molecule has 0 aliphatic rings. The lowest BCUT2D eigenvalue weighted by atomic mass is 10.3. The average Bonchev–Trinajstić information content (AvgIpc) is 2.57. The van der Waals surface area contributed by atoms with E-state index in [0.717, 1.165) is 0 Å². The van der Waals surface area contributed by atoms with Crippen LogP contribution in [-0.4, -0.2) is 30.7 Å². The highest BCUT2D eigenvalue weighted by Crippen LogP contribution is 2.14. The number of sulfonamides is 1. The number of nitrogens with two attached hydrogens (primary N) is 1. The first-order valence-corrected chi connectivity index (χ1v) is 6.55. The molecule has 0 aliphatic carbocycles. The summed E-state index contributed by atoms with van der Waals surface area (Å²) in [4.78, 5) is 6.93. The number of rotatable bonds is 4. The molecule has 1 aromatic carbocycles. The van der Waals surface area contributed by atoms with Crippen molar-refractivity contribution in [2.45, 2.75) is 0 Å². The molecule has 0 spiro atoms. The zero-order valence-corrected chi connectivity index (χ0v) is 9.59. The number of imidazole rings is 1. The topological polar surface area (TPSA) is 101 Å². The van der Waals surface area contributed by atoms with Gasteiger partial charge in [0.05, 0.1) is 16.8 Å². The fourth-order valence-electron chi connectivity index (χ4n) is 1.38. The number of benzene rings is 1. The van der Waals surface area contributed by atoms with Crippen LogP contribution in [-0.2, 0) is 10.0 Å². The molecule has 0 amide bonds. The molecule has 2 aromatic rings. The minimum atomic E-state index is -3.50. The third-order valence-corrected chi connectivity index (χ3v) is 2.90. The minimum Gasteiger partial charge on any atom is -0.355 e. The van der Waals surface area contributed by atoms with Crippen LogP contribution in [0.15, 0.2) is 18.2 Å². The van der Waals surface area contributed by atoms with Crippen molar-refractivity contribution in [1.29, 1.82) is 0 Å². The van der Waals surface area contributed by atoms with E-state index in [-0.39, 0.29) is 18.1 Å². The second-order valence-electron chi connectivity index (χ2n) is 3.54. The maximum absolute atomic E-state index is 12.9. The molecule has 0 fully saturated rings. The number of fused-ring (bicyclic) bond motifs is 1. The largest absolute Gasteiger partial charge is 0.355 e. The summed E-state index contributed by atoms with van der Waals surface area (Å²) in [6.45, 7) is 0.140. The van der Waals surface area contributed by atoms with Crippen LogP contribution in [0.25, 0.3) is 11.0 Å². The van der Waals surface area contributed by atoms with Crippen LogP contribution in [0.4, 0.5) is 10.3 Å². The lowest BCUT2D eigenvalue weighted by Crippen LogP contribution is -2.22. The predicted octanol–water partition coefficient (Wildman–Crippen LogP) is 0.402. The second-order valence-corrected chi connectivity index (χ2v) is 5.27. The van der Waals surface area contributed by atoms with Gasteiger partial charge in [0.1, 0.15) is 5.82 Å². The van der Waals surface area contributed by atoms with Crippen molar-refractivity contribution in [3.63, 3.8) is 0 Å². The van der Waals surface area contributed by atoms with Crippen LogP contribution in [0.5, 0.6) is 0 Å². The van der Waals surface area contributed by atoms with Crippen LogP contribution in [0.2, 0.25) is 0 Å². The molecule has 92 valence electrons. The van der Waals surface area contributed by atoms with E-state index in [1.807, 2.05) is 0 Å². The highest BCUT2D eigenvalue weighted by atomic mass is 32.2. The van der Waals surface area contributed by atoms with Crippen LogP contribution < -0.4 is 10.5 Å². The van der Waals surface area contributed by atoms with Gasteiger partial charge >= 0.3 is 0 Å². The van der Waals surface area contributed by atoms with Crippen molar-refractivity contribution >= 4 is 27.0 Å². The van der Waals surface area contributed by atoms with E-state index in [4.69, 9.17) is 5.14 Å². The molecule has 17 heavy (non-hydrogen) atoms. The second kappa shape index (κ2) is 4.30. The molecule has 2 rings (SSSR count). The van der Waals surface area contributed by atoms with Gasteiger partial charge in [-0.15, -0.1) is 0 Å². The number of anilines is 1. The molecule has 0 unspecified atom stereocenters. The van der Waals surface area contributed by atoms with Gasteiger partial charge in [0.15, 0.2) is 0 Å². The van der Waals surface area contributed by atoms with E-state index in [9.17, 15) is 12.8 Å². The third-order valence-electron chi connectivity index (χ3n) is 2.12. The first-order valence-electron chi connectivity index (χ1n) is 4.84. The average molecular weight is 258 g/mol. The maximum Gasteiger partial charge on any atom is 0.210 e. The first-order chi connectivity index (χ1) is 7.94. The van der Waals surface area contributed by atoms with Gasteiger partial charge in [-0.2, -0.15) is 0 Å². The van der Waals surface area contributed by atoms with Crippen molar-refractivity contribution in [3.8, 4) is 0 Å². The number of hydrogen-bond donors (Lipinski definition) is 3. The normalized spacial score (nSPS) is 11.9. The van der Waals surface area contributed by atoms with Gasteiger partial charge < -0.3 is 10.3 Å². The van der Waals surface area contributed by atoms with Crippen molar-refractivity contribution in [3.05, 3.63) is 24.0 Å². The Kier molecular flexibility index (Phi) is 2.99. The van der Waals surface area contributed by atoms with Crippen molar-refractivity contribution < 1.29 is 12.8 Å². The summed E-state index contributed by atoms with van der Waals surface area (Å²) in [5, 5.41) is 7.61. The first kappa shape index (κ1) is 11.8. The van der Waals surface area contributed by atoms with Crippen molar-refractivity contribution in [2.24, 2.45) is 5.14 Å². The summed E-state index contributed by atoms with van der Waals surface area (Å²) in [5.74, 6) is -0.176. The number of primary sulfonamides is 1. The molecule has 0 saturated carbocycles. The van der Waals surface area contributed by atoms with Gasteiger partial charge in [-0.25, -0.2) is 22.9 Å². The predicted molar refractivity (Wildman–Crippen MR) is 62.5 cm³/mol. The van der Waals surface area contributed by atoms with Gasteiger partial charge in [-0.05, 0) is 18.2 Å². The van der Waals surface area contributed by atoms with Gasteiger partial charge in [0.2, 0.25) is 16.0 Å². The molecule has 1 heterocycles. The zero-order valence-electron chi connectivity index (χ0n) is 8.77. The molecular formula is C9H11FN4O2S. The summed E-state index contributed by atoms with van der Waals surface area (Å²) < 4.78 is 34.3. The number of aromatic amines is 1. The lowest BCUT2D eigenvalue weighted by molar-refractivity contribution is 0.598. The SMILES string of the molecule is NS(=O)(=O)CCNc1nc2ccc(F)cc2[nH]1. The Bertz CT molecular complexity index is 637. The number of H-pyrrole nitrogens is 1. The van der Waals surface area contributed by atoms with Gasteiger partial charge in [0, 0.05) is 6.54 Å².